The number of hydrogen-bond donors (Lipinski definition) is 0. The zero-order valence-electron chi connectivity index (χ0n) is 11.5. The summed E-state index contributed by atoms with van der Waals surface area (Å²) in [6.07, 6.45) is 1.25. The van der Waals surface area contributed by atoms with Crippen LogP contribution in [0, 0.1) is 5.92 Å². The highest BCUT2D eigenvalue weighted by Gasteiger charge is 2.41. The molecule has 2 aliphatic rings. The van der Waals surface area contributed by atoms with Gasteiger partial charge < -0.3 is 4.74 Å². The first-order valence-electron chi connectivity index (χ1n) is 6.31. The predicted molar refractivity (Wildman–Crippen MR) is 70.7 cm³/mol. The van der Waals surface area contributed by atoms with Gasteiger partial charge in [-0.3, -0.25) is 4.79 Å². The molecule has 2 rings (SSSR count). The summed E-state index contributed by atoms with van der Waals surface area (Å²) in [4.78, 5) is 27.6. The smallest absolute Gasteiger partial charge is 0.335 e. The van der Waals surface area contributed by atoms with Crippen LogP contribution in [0.3, 0.4) is 0 Å². The molecular weight excluding hydrogens is 246 g/mol. The minimum absolute atomic E-state index is 0.0769. The van der Waals surface area contributed by atoms with Crippen molar-refractivity contribution in [2.75, 3.05) is 6.61 Å². The molecule has 0 aromatic carbocycles. The largest absolute Gasteiger partial charge is 0.463 e. The van der Waals surface area contributed by atoms with Crippen LogP contribution >= 0.6 is 0 Å². The van der Waals surface area contributed by atoms with E-state index in [-0.39, 0.29) is 18.6 Å². The van der Waals surface area contributed by atoms with E-state index < -0.39 is 11.9 Å². The van der Waals surface area contributed by atoms with E-state index in [1.54, 1.807) is 11.9 Å². The molecular formula is C13H17N3O3. The van der Waals surface area contributed by atoms with E-state index in [4.69, 9.17) is 4.74 Å². The van der Waals surface area contributed by atoms with E-state index >= 15 is 0 Å². The Morgan fingerprint density at radius 1 is 1.53 bits per heavy atom. The lowest BCUT2D eigenvalue weighted by Gasteiger charge is -2.24. The van der Waals surface area contributed by atoms with Gasteiger partial charge in [0.25, 0.3) is 5.91 Å². The van der Waals surface area contributed by atoms with Gasteiger partial charge in [-0.25, -0.2) is 9.80 Å². The van der Waals surface area contributed by atoms with Crippen LogP contribution in [0.15, 0.2) is 21.7 Å². The summed E-state index contributed by atoms with van der Waals surface area (Å²) in [5.74, 6) is -0.763. The van der Waals surface area contributed by atoms with Crippen molar-refractivity contribution in [1.29, 1.82) is 0 Å². The maximum Gasteiger partial charge on any atom is 0.335 e. The van der Waals surface area contributed by atoms with Gasteiger partial charge in [0.1, 0.15) is 5.84 Å². The van der Waals surface area contributed by atoms with Crippen LogP contribution in [0.4, 0.5) is 0 Å². The topological polar surface area (TPSA) is 71.3 Å². The Labute approximate surface area is 111 Å². The third-order valence-corrected chi connectivity index (χ3v) is 2.99. The number of esters is 1. The lowest BCUT2D eigenvalue weighted by Crippen LogP contribution is -2.37. The van der Waals surface area contributed by atoms with E-state index in [0.717, 1.165) is 5.71 Å². The van der Waals surface area contributed by atoms with Gasteiger partial charge >= 0.3 is 5.97 Å². The normalized spacial score (nSPS) is 21.9. The van der Waals surface area contributed by atoms with Crippen molar-refractivity contribution in [3.63, 3.8) is 0 Å². The molecule has 0 aliphatic carbocycles. The molecule has 1 amide bonds. The molecule has 6 nitrogen and oxygen atoms in total. The van der Waals surface area contributed by atoms with Gasteiger partial charge in [-0.2, -0.15) is 10.1 Å². The molecule has 2 heterocycles. The highest BCUT2D eigenvalue weighted by molar-refractivity contribution is 6.23. The number of amidine groups is 1. The van der Waals surface area contributed by atoms with Crippen molar-refractivity contribution in [3.8, 4) is 0 Å². The molecule has 1 atom stereocenters. The van der Waals surface area contributed by atoms with Gasteiger partial charge in [-0.15, -0.1) is 0 Å². The Morgan fingerprint density at radius 3 is 2.79 bits per heavy atom. The molecule has 0 N–H and O–H groups in total. The summed E-state index contributed by atoms with van der Waals surface area (Å²) >= 11 is 0. The first kappa shape index (κ1) is 13.5. The van der Waals surface area contributed by atoms with Gasteiger partial charge in [0.15, 0.2) is 0 Å². The lowest BCUT2D eigenvalue weighted by atomic mass is 9.91. The molecule has 0 saturated heterocycles. The average Bonchev–Trinajstić information content (AvgIpc) is 2.66. The fourth-order valence-corrected chi connectivity index (χ4v) is 2.21. The highest BCUT2D eigenvalue weighted by atomic mass is 16.5. The number of aliphatic imine (C=N–C) groups is 1. The Morgan fingerprint density at radius 2 is 2.21 bits per heavy atom. The van der Waals surface area contributed by atoms with Crippen molar-refractivity contribution in [2.45, 2.75) is 33.7 Å². The molecule has 1 unspecified atom stereocenters. The maximum atomic E-state index is 11.9. The Balaban J connectivity index is 2.39. The van der Waals surface area contributed by atoms with E-state index in [2.05, 4.69) is 10.1 Å². The Bertz CT molecular complexity index is 517. The summed E-state index contributed by atoms with van der Waals surface area (Å²) < 4.78 is 4.99. The van der Waals surface area contributed by atoms with Gasteiger partial charge in [0.2, 0.25) is 0 Å². The standard InChI is InChI=1S/C13H17N3O3/c1-5-19-13(18)9-6-10(17)14-12-11(9)8(4)15-16(12)7(2)3/h6-7,11H,5H2,1-4H3. The summed E-state index contributed by atoms with van der Waals surface area (Å²) in [5, 5.41) is 6.06. The third-order valence-electron chi connectivity index (χ3n) is 2.99. The number of rotatable bonds is 3. The Kier molecular flexibility index (Phi) is 3.50. The van der Waals surface area contributed by atoms with E-state index in [1.807, 2.05) is 20.8 Å². The summed E-state index contributed by atoms with van der Waals surface area (Å²) in [7, 11) is 0. The number of dihydropyridines is 1. The predicted octanol–water partition coefficient (Wildman–Crippen LogP) is 1.13. The molecule has 0 fully saturated rings. The first-order chi connectivity index (χ1) is 8.95. The van der Waals surface area contributed by atoms with Crippen molar-refractivity contribution >= 4 is 23.4 Å². The molecule has 2 aliphatic heterocycles. The van der Waals surface area contributed by atoms with Crippen LogP contribution < -0.4 is 0 Å². The number of hydrazone groups is 1. The monoisotopic (exact) mass is 263 g/mol. The van der Waals surface area contributed by atoms with Gasteiger partial charge in [0.05, 0.1) is 23.8 Å². The lowest BCUT2D eigenvalue weighted by molar-refractivity contribution is -0.139. The minimum Gasteiger partial charge on any atom is -0.463 e. The molecule has 0 aromatic rings. The molecule has 6 heteroatoms. The van der Waals surface area contributed by atoms with E-state index in [9.17, 15) is 9.59 Å². The highest BCUT2D eigenvalue weighted by Crippen LogP contribution is 2.29. The van der Waals surface area contributed by atoms with Crippen LogP contribution in [0.1, 0.15) is 27.7 Å². The number of nitrogens with zero attached hydrogens (tertiary/aromatic N) is 3. The van der Waals surface area contributed by atoms with Crippen LogP contribution in [-0.2, 0) is 14.3 Å². The average molecular weight is 263 g/mol. The van der Waals surface area contributed by atoms with Crippen LogP contribution in [0.5, 0.6) is 0 Å². The van der Waals surface area contributed by atoms with Crippen molar-refractivity contribution in [1.82, 2.24) is 5.01 Å². The van der Waals surface area contributed by atoms with Gasteiger partial charge in [0, 0.05) is 12.1 Å². The number of carbonyl (C=O) groups is 2. The molecule has 102 valence electrons. The zero-order chi connectivity index (χ0) is 14.2. The summed E-state index contributed by atoms with van der Waals surface area (Å²) in [6, 6.07) is 0.0769. The molecule has 19 heavy (non-hydrogen) atoms. The van der Waals surface area contributed by atoms with Crippen LogP contribution in [0.2, 0.25) is 0 Å². The fraction of sp³-hybridized carbons (Fsp3) is 0.538. The number of hydrogen-bond acceptors (Lipinski definition) is 5. The van der Waals surface area contributed by atoms with Gasteiger partial charge in [-0.1, -0.05) is 0 Å². The number of amides is 1. The van der Waals surface area contributed by atoms with E-state index in [1.165, 1.54) is 6.08 Å². The van der Waals surface area contributed by atoms with Crippen molar-refractivity contribution in [3.05, 3.63) is 11.6 Å². The zero-order valence-corrected chi connectivity index (χ0v) is 11.5. The van der Waals surface area contributed by atoms with Crippen molar-refractivity contribution in [2.24, 2.45) is 16.0 Å². The first-order valence-corrected chi connectivity index (χ1v) is 6.31. The van der Waals surface area contributed by atoms with Gasteiger partial charge in [-0.05, 0) is 27.7 Å². The molecule has 0 radical (unpaired) electrons. The number of ether oxygens (including phenoxy) is 1. The SMILES string of the molecule is CCOC(=O)C1=CC(=O)N=C2C1C(C)=NN2C(C)C. The molecule has 0 bridgehead atoms. The van der Waals surface area contributed by atoms with Crippen LogP contribution in [-0.4, -0.2) is 41.1 Å². The van der Waals surface area contributed by atoms with E-state index in [0.29, 0.717) is 11.4 Å². The van der Waals surface area contributed by atoms with Crippen molar-refractivity contribution < 1.29 is 14.3 Å². The number of carbonyl (C=O) groups excluding carboxylic acids is 2. The quantitative estimate of drug-likeness (QED) is 0.716. The maximum absolute atomic E-state index is 11.9. The molecule has 0 aromatic heterocycles. The second-order valence-electron chi connectivity index (χ2n) is 4.74. The number of fused-ring (bicyclic) bond motifs is 1. The summed E-state index contributed by atoms with van der Waals surface area (Å²) in [5.41, 5.74) is 1.07. The molecule has 0 saturated carbocycles. The fourth-order valence-electron chi connectivity index (χ4n) is 2.21. The summed E-state index contributed by atoms with van der Waals surface area (Å²) in [6.45, 7) is 7.73. The third kappa shape index (κ3) is 2.30. The second kappa shape index (κ2) is 4.95. The second-order valence-corrected chi connectivity index (χ2v) is 4.74. The van der Waals surface area contributed by atoms with Crippen LogP contribution in [0.25, 0.3) is 0 Å². The Hall–Kier alpha value is -1.98. The molecule has 0 spiro atoms. The minimum atomic E-state index is -0.478.